The van der Waals surface area contributed by atoms with Crippen LogP contribution in [0.3, 0.4) is 0 Å². The summed E-state index contributed by atoms with van der Waals surface area (Å²) in [6.07, 6.45) is 6.87. The minimum Gasteiger partial charge on any atom is -0.497 e. The van der Waals surface area contributed by atoms with Crippen molar-refractivity contribution in [2.24, 2.45) is 23.7 Å². The van der Waals surface area contributed by atoms with Gasteiger partial charge >= 0.3 is 0 Å². The van der Waals surface area contributed by atoms with E-state index < -0.39 is 22.5 Å². The standard InChI is InChI=1S/C31H33ClN2O4S/c1-38-28-9-11-29(12-10-28)39(36,37)34(27-4-2-3-25(32)18-27)19-30(35)33-26-7-5-22(6-8-26)31-23-14-20-13-21(16-23)17-24(31)15-20/h2-12,18,20-21,23-24,31H,13-17,19H2,1H3,(H,33,35). The van der Waals surface area contributed by atoms with E-state index in [1.165, 1.54) is 63.0 Å². The van der Waals surface area contributed by atoms with Gasteiger partial charge < -0.3 is 10.1 Å². The van der Waals surface area contributed by atoms with Gasteiger partial charge in [0.1, 0.15) is 12.3 Å². The van der Waals surface area contributed by atoms with Crippen molar-refractivity contribution in [2.45, 2.75) is 42.9 Å². The van der Waals surface area contributed by atoms with Crippen LogP contribution in [-0.4, -0.2) is 28.0 Å². The second-order valence-corrected chi connectivity index (χ2v) is 13.6. The maximum Gasteiger partial charge on any atom is 0.264 e. The zero-order chi connectivity index (χ0) is 27.1. The van der Waals surface area contributed by atoms with Crippen molar-refractivity contribution in [3.63, 3.8) is 0 Å². The van der Waals surface area contributed by atoms with Crippen LogP contribution >= 0.6 is 11.6 Å². The summed E-state index contributed by atoms with van der Waals surface area (Å²) in [6.45, 7) is -0.397. The van der Waals surface area contributed by atoms with Gasteiger partial charge in [0.15, 0.2) is 0 Å². The molecule has 4 fully saturated rings. The second kappa shape index (κ2) is 10.5. The minimum atomic E-state index is -4.06. The number of ether oxygens (including phenoxy) is 1. The van der Waals surface area contributed by atoms with E-state index in [1.807, 2.05) is 12.1 Å². The predicted molar refractivity (Wildman–Crippen MR) is 154 cm³/mol. The van der Waals surface area contributed by atoms with Gasteiger partial charge in [0.05, 0.1) is 17.7 Å². The Balaban J connectivity index is 1.19. The number of hydrogen-bond donors (Lipinski definition) is 1. The molecule has 0 radical (unpaired) electrons. The maximum atomic E-state index is 13.6. The van der Waals surface area contributed by atoms with Gasteiger partial charge in [-0.3, -0.25) is 9.10 Å². The van der Waals surface area contributed by atoms with Crippen molar-refractivity contribution < 1.29 is 17.9 Å². The molecular formula is C31H33ClN2O4S. The first-order valence-electron chi connectivity index (χ1n) is 13.6. The number of rotatable bonds is 8. The van der Waals surface area contributed by atoms with E-state index in [2.05, 4.69) is 17.4 Å². The molecule has 4 saturated carbocycles. The molecule has 4 aliphatic rings. The first-order valence-corrected chi connectivity index (χ1v) is 15.4. The first kappa shape index (κ1) is 26.2. The summed E-state index contributed by atoms with van der Waals surface area (Å²) in [6, 6.07) is 20.7. The van der Waals surface area contributed by atoms with Gasteiger partial charge in [0.2, 0.25) is 5.91 Å². The Morgan fingerprint density at radius 3 is 2.15 bits per heavy atom. The van der Waals surface area contributed by atoms with E-state index in [0.29, 0.717) is 28.1 Å². The van der Waals surface area contributed by atoms with E-state index in [-0.39, 0.29) is 4.90 Å². The molecule has 3 aromatic carbocycles. The summed E-state index contributed by atoms with van der Waals surface area (Å²) in [5.74, 6) is 4.16. The average molecular weight is 565 g/mol. The van der Waals surface area contributed by atoms with Gasteiger partial charge in [-0.25, -0.2) is 8.42 Å². The van der Waals surface area contributed by atoms with Gasteiger partial charge in [-0.1, -0.05) is 29.8 Å². The maximum absolute atomic E-state index is 13.6. The largest absolute Gasteiger partial charge is 0.497 e. The molecule has 1 amide bonds. The minimum absolute atomic E-state index is 0.0519. The summed E-state index contributed by atoms with van der Waals surface area (Å²) < 4.78 is 33.5. The van der Waals surface area contributed by atoms with Gasteiger partial charge in [-0.15, -0.1) is 0 Å². The number of hydrogen-bond acceptors (Lipinski definition) is 4. The Morgan fingerprint density at radius 1 is 0.923 bits per heavy atom. The Hall–Kier alpha value is -3.03. The van der Waals surface area contributed by atoms with Crippen LogP contribution in [0.25, 0.3) is 0 Å². The molecule has 7 rings (SSSR count). The van der Waals surface area contributed by atoms with Gasteiger partial charge in [0.25, 0.3) is 10.0 Å². The summed E-state index contributed by atoms with van der Waals surface area (Å²) in [5.41, 5.74) is 2.33. The zero-order valence-corrected chi connectivity index (χ0v) is 23.5. The topological polar surface area (TPSA) is 75.7 Å². The fourth-order valence-corrected chi connectivity index (χ4v) is 9.01. The molecule has 8 heteroatoms. The second-order valence-electron chi connectivity index (χ2n) is 11.3. The van der Waals surface area contributed by atoms with Crippen LogP contribution < -0.4 is 14.4 Å². The zero-order valence-electron chi connectivity index (χ0n) is 21.9. The van der Waals surface area contributed by atoms with E-state index in [4.69, 9.17) is 16.3 Å². The first-order chi connectivity index (χ1) is 18.8. The fraction of sp³-hybridized carbons (Fsp3) is 0.387. The van der Waals surface area contributed by atoms with Crippen LogP contribution in [0.5, 0.6) is 5.75 Å². The SMILES string of the molecule is COc1ccc(S(=O)(=O)N(CC(=O)Nc2ccc(C3C4CC5CC(C4)CC3C5)cc2)c2cccc(Cl)c2)cc1. The highest BCUT2D eigenvalue weighted by Crippen LogP contribution is 2.59. The van der Waals surface area contributed by atoms with Gasteiger partial charge in [-0.2, -0.15) is 0 Å². The lowest BCUT2D eigenvalue weighted by Crippen LogP contribution is -2.43. The number of nitrogens with one attached hydrogen (secondary N) is 1. The van der Waals surface area contributed by atoms with Crippen LogP contribution in [-0.2, 0) is 14.8 Å². The Bertz CT molecular complexity index is 1430. The third-order valence-electron chi connectivity index (χ3n) is 8.84. The summed E-state index contributed by atoms with van der Waals surface area (Å²) >= 11 is 6.18. The molecule has 39 heavy (non-hydrogen) atoms. The van der Waals surface area contributed by atoms with Crippen LogP contribution in [0.15, 0.2) is 77.7 Å². The number of nitrogens with zero attached hydrogens (tertiary/aromatic N) is 1. The van der Waals surface area contributed by atoms with Crippen molar-refractivity contribution in [3.05, 3.63) is 83.4 Å². The molecule has 3 aromatic rings. The molecule has 0 atom stereocenters. The normalized spacial score (nSPS) is 25.3. The lowest BCUT2D eigenvalue weighted by molar-refractivity contribution is -0.114. The van der Waals surface area contributed by atoms with E-state index in [1.54, 1.807) is 30.3 Å². The number of amides is 1. The van der Waals surface area contributed by atoms with Crippen molar-refractivity contribution >= 4 is 38.9 Å². The molecule has 4 bridgehead atoms. The van der Waals surface area contributed by atoms with Gasteiger partial charge in [-0.05, 0) is 122 Å². The van der Waals surface area contributed by atoms with E-state index >= 15 is 0 Å². The molecule has 0 heterocycles. The molecule has 0 unspecified atom stereocenters. The molecule has 0 aliphatic heterocycles. The number of halogens is 1. The molecule has 0 saturated heterocycles. The Kier molecular flexibility index (Phi) is 7.06. The van der Waals surface area contributed by atoms with Crippen LogP contribution in [0.2, 0.25) is 5.02 Å². The van der Waals surface area contributed by atoms with Crippen molar-refractivity contribution in [1.29, 1.82) is 0 Å². The molecule has 6 nitrogen and oxygen atoms in total. The smallest absolute Gasteiger partial charge is 0.264 e. The Morgan fingerprint density at radius 2 is 1.56 bits per heavy atom. The number of carbonyl (C=O) groups is 1. The average Bonchev–Trinajstić information content (AvgIpc) is 2.92. The number of sulfonamides is 1. The molecule has 4 aliphatic carbocycles. The Labute approximate surface area is 235 Å². The lowest BCUT2D eigenvalue weighted by Gasteiger charge is -2.54. The highest BCUT2D eigenvalue weighted by atomic mass is 35.5. The number of carbonyl (C=O) groups excluding carboxylic acids is 1. The van der Waals surface area contributed by atoms with Crippen LogP contribution in [0.4, 0.5) is 11.4 Å². The van der Waals surface area contributed by atoms with Crippen LogP contribution in [0.1, 0.15) is 43.6 Å². The molecule has 0 spiro atoms. The quantitative estimate of drug-likeness (QED) is 0.329. The summed E-state index contributed by atoms with van der Waals surface area (Å²) in [5, 5.41) is 3.27. The molecule has 1 N–H and O–H groups in total. The summed E-state index contributed by atoms with van der Waals surface area (Å²) in [4.78, 5) is 13.2. The van der Waals surface area contributed by atoms with Gasteiger partial charge in [0, 0.05) is 10.7 Å². The van der Waals surface area contributed by atoms with Crippen molar-refractivity contribution in [1.82, 2.24) is 0 Å². The van der Waals surface area contributed by atoms with Crippen molar-refractivity contribution in [2.75, 3.05) is 23.3 Å². The number of benzene rings is 3. The van der Waals surface area contributed by atoms with Crippen LogP contribution in [0, 0.1) is 23.7 Å². The number of anilines is 2. The lowest BCUT2D eigenvalue weighted by atomic mass is 9.51. The van der Waals surface area contributed by atoms with Crippen molar-refractivity contribution in [3.8, 4) is 5.75 Å². The third kappa shape index (κ3) is 5.27. The molecular weight excluding hydrogens is 532 g/mol. The number of methoxy groups -OCH3 is 1. The van der Waals surface area contributed by atoms with E-state index in [9.17, 15) is 13.2 Å². The highest BCUT2D eigenvalue weighted by molar-refractivity contribution is 7.92. The predicted octanol–water partition coefficient (Wildman–Crippen LogP) is 6.72. The molecule has 204 valence electrons. The third-order valence-corrected chi connectivity index (χ3v) is 10.9. The monoisotopic (exact) mass is 564 g/mol. The highest BCUT2D eigenvalue weighted by Gasteiger charge is 2.48. The van der Waals surface area contributed by atoms with E-state index in [0.717, 1.165) is 28.0 Å². The molecule has 0 aromatic heterocycles. The fourth-order valence-electron chi connectivity index (χ4n) is 7.41. The summed E-state index contributed by atoms with van der Waals surface area (Å²) in [7, 11) is -2.54.